The van der Waals surface area contributed by atoms with Crippen LogP contribution in [0.15, 0.2) is 5.38 Å². The summed E-state index contributed by atoms with van der Waals surface area (Å²) < 4.78 is 0. The number of nitrogens with one attached hydrogen (secondary N) is 1. The van der Waals surface area contributed by atoms with Crippen molar-refractivity contribution in [2.24, 2.45) is 11.8 Å². The maximum absolute atomic E-state index is 4.80. The first kappa shape index (κ1) is 17.4. The third-order valence-corrected chi connectivity index (χ3v) is 3.73. The van der Waals surface area contributed by atoms with Crippen molar-refractivity contribution in [2.45, 2.75) is 60.5 Å². The molecule has 0 unspecified atom stereocenters. The Morgan fingerprint density at radius 1 is 1.15 bits per heavy atom. The first-order valence-electron chi connectivity index (χ1n) is 7.61. The van der Waals surface area contributed by atoms with Gasteiger partial charge in [0, 0.05) is 30.6 Å². The van der Waals surface area contributed by atoms with E-state index in [2.05, 4.69) is 64.1 Å². The monoisotopic (exact) mass is 297 g/mol. The molecule has 0 bridgehead atoms. The minimum atomic E-state index is 0.138. The minimum Gasteiger partial charge on any atom is -0.348 e. The summed E-state index contributed by atoms with van der Waals surface area (Å²) in [5.74, 6) is 1.32. The van der Waals surface area contributed by atoms with Crippen LogP contribution in [0.4, 0.5) is 5.13 Å². The summed E-state index contributed by atoms with van der Waals surface area (Å²) in [7, 11) is 0. The molecular weight excluding hydrogens is 266 g/mol. The molecule has 3 nitrogen and oxygen atoms in total. The van der Waals surface area contributed by atoms with E-state index in [1.165, 1.54) is 0 Å². The summed E-state index contributed by atoms with van der Waals surface area (Å²) in [4.78, 5) is 7.23. The van der Waals surface area contributed by atoms with Crippen LogP contribution < -0.4 is 10.2 Å². The van der Waals surface area contributed by atoms with Crippen molar-refractivity contribution >= 4 is 16.5 Å². The molecule has 1 heterocycles. The zero-order chi connectivity index (χ0) is 15.3. The van der Waals surface area contributed by atoms with Crippen molar-refractivity contribution in [2.75, 3.05) is 18.0 Å². The maximum Gasteiger partial charge on any atom is 0.185 e. The molecule has 0 saturated heterocycles. The molecule has 4 heteroatoms. The van der Waals surface area contributed by atoms with Gasteiger partial charge in [-0.1, -0.05) is 27.7 Å². The predicted molar refractivity (Wildman–Crippen MR) is 90.6 cm³/mol. The number of thiazole rings is 1. The molecule has 0 aromatic carbocycles. The molecule has 0 amide bonds. The molecule has 0 atom stereocenters. The molecule has 0 aliphatic heterocycles. The molecule has 1 aromatic rings. The average molecular weight is 298 g/mol. The molecule has 20 heavy (non-hydrogen) atoms. The van der Waals surface area contributed by atoms with E-state index in [1.807, 2.05) is 0 Å². The van der Waals surface area contributed by atoms with E-state index in [9.17, 15) is 0 Å². The Bertz CT molecular complexity index is 381. The van der Waals surface area contributed by atoms with Gasteiger partial charge in [0.1, 0.15) is 0 Å². The molecule has 0 saturated carbocycles. The van der Waals surface area contributed by atoms with Crippen molar-refractivity contribution in [3.63, 3.8) is 0 Å². The van der Waals surface area contributed by atoms with Gasteiger partial charge in [0.25, 0.3) is 0 Å². The van der Waals surface area contributed by atoms with Gasteiger partial charge in [0.05, 0.1) is 5.69 Å². The van der Waals surface area contributed by atoms with Gasteiger partial charge in [-0.15, -0.1) is 11.3 Å². The van der Waals surface area contributed by atoms with Gasteiger partial charge in [-0.05, 0) is 32.6 Å². The molecular formula is C16H31N3S. The fourth-order valence-corrected chi connectivity index (χ4v) is 2.84. The van der Waals surface area contributed by atoms with Gasteiger partial charge < -0.3 is 10.2 Å². The van der Waals surface area contributed by atoms with Gasteiger partial charge in [-0.2, -0.15) is 0 Å². The highest BCUT2D eigenvalue weighted by Crippen LogP contribution is 2.23. The number of hydrogen-bond donors (Lipinski definition) is 1. The molecule has 0 aliphatic carbocycles. The van der Waals surface area contributed by atoms with Crippen molar-refractivity contribution in [3.05, 3.63) is 11.1 Å². The predicted octanol–water partition coefficient (Wildman–Crippen LogP) is 4.15. The topological polar surface area (TPSA) is 28.2 Å². The van der Waals surface area contributed by atoms with E-state index in [-0.39, 0.29) is 5.54 Å². The van der Waals surface area contributed by atoms with Gasteiger partial charge in [0.2, 0.25) is 0 Å². The third kappa shape index (κ3) is 6.71. The Balaban J connectivity index is 2.70. The number of hydrogen-bond acceptors (Lipinski definition) is 4. The van der Waals surface area contributed by atoms with E-state index in [0.29, 0.717) is 11.8 Å². The first-order valence-corrected chi connectivity index (χ1v) is 8.49. The Morgan fingerprint density at radius 3 is 2.15 bits per heavy atom. The fourth-order valence-electron chi connectivity index (χ4n) is 1.99. The van der Waals surface area contributed by atoms with Crippen LogP contribution in [0.3, 0.4) is 0 Å². The maximum atomic E-state index is 4.80. The summed E-state index contributed by atoms with van der Waals surface area (Å²) in [5.41, 5.74) is 1.29. The standard InChI is InChI=1S/C16H31N3S/c1-12(2)9-19(10-13(3)4)15-18-14(11-20-15)8-17-16(5,6)7/h11-13,17H,8-10H2,1-7H3. The highest BCUT2D eigenvalue weighted by atomic mass is 32.1. The second-order valence-corrected chi connectivity index (χ2v) is 8.25. The summed E-state index contributed by atoms with van der Waals surface area (Å²) in [6, 6.07) is 0. The van der Waals surface area contributed by atoms with E-state index in [4.69, 9.17) is 4.98 Å². The van der Waals surface area contributed by atoms with Crippen molar-refractivity contribution in [1.82, 2.24) is 10.3 Å². The molecule has 116 valence electrons. The fraction of sp³-hybridized carbons (Fsp3) is 0.812. The van der Waals surface area contributed by atoms with Gasteiger partial charge >= 0.3 is 0 Å². The Hall–Kier alpha value is -0.610. The summed E-state index contributed by atoms with van der Waals surface area (Å²) in [5, 5.41) is 6.84. The van der Waals surface area contributed by atoms with Gasteiger partial charge in [0.15, 0.2) is 5.13 Å². The van der Waals surface area contributed by atoms with Crippen molar-refractivity contribution in [3.8, 4) is 0 Å². The van der Waals surface area contributed by atoms with E-state index in [0.717, 1.165) is 30.5 Å². The summed E-state index contributed by atoms with van der Waals surface area (Å²) in [6.07, 6.45) is 0. The average Bonchev–Trinajstić information content (AvgIpc) is 2.71. The zero-order valence-electron chi connectivity index (χ0n) is 14.2. The van der Waals surface area contributed by atoms with Gasteiger partial charge in [-0.3, -0.25) is 0 Å². The van der Waals surface area contributed by atoms with Crippen LogP contribution in [0.5, 0.6) is 0 Å². The lowest BCUT2D eigenvalue weighted by atomic mass is 10.1. The number of anilines is 1. The molecule has 1 rings (SSSR count). The number of aromatic nitrogens is 1. The SMILES string of the molecule is CC(C)CN(CC(C)C)c1nc(CNC(C)(C)C)cs1. The highest BCUT2D eigenvalue weighted by Gasteiger charge is 2.15. The third-order valence-electron chi connectivity index (χ3n) is 2.78. The van der Waals surface area contributed by atoms with Crippen LogP contribution in [0.25, 0.3) is 0 Å². The van der Waals surface area contributed by atoms with Crippen LogP contribution in [-0.2, 0) is 6.54 Å². The Morgan fingerprint density at radius 2 is 1.70 bits per heavy atom. The number of nitrogens with zero attached hydrogens (tertiary/aromatic N) is 2. The summed E-state index contributed by atoms with van der Waals surface area (Å²) in [6.45, 7) is 18.6. The lowest BCUT2D eigenvalue weighted by Crippen LogP contribution is -2.35. The second-order valence-electron chi connectivity index (χ2n) is 7.42. The van der Waals surface area contributed by atoms with Gasteiger partial charge in [-0.25, -0.2) is 4.98 Å². The zero-order valence-corrected chi connectivity index (χ0v) is 15.0. The lowest BCUT2D eigenvalue weighted by Gasteiger charge is -2.25. The smallest absolute Gasteiger partial charge is 0.185 e. The molecule has 1 aromatic heterocycles. The second kappa shape index (κ2) is 7.41. The van der Waals surface area contributed by atoms with Crippen molar-refractivity contribution < 1.29 is 0 Å². The van der Waals surface area contributed by atoms with Crippen LogP contribution in [0, 0.1) is 11.8 Å². The molecule has 0 spiro atoms. The lowest BCUT2D eigenvalue weighted by molar-refractivity contribution is 0.421. The van der Waals surface area contributed by atoms with Crippen LogP contribution >= 0.6 is 11.3 Å². The largest absolute Gasteiger partial charge is 0.348 e. The quantitative estimate of drug-likeness (QED) is 0.819. The molecule has 0 radical (unpaired) electrons. The van der Waals surface area contributed by atoms with Crippen LogP contribution in [0.1, 0.15) is 54.2 Å². The Labute approximate surface area is 128 Å². The highest BCUT2D eigenvalue weighted by molar-refractivity contribution is 7.13. The Kier molecular flexibility index (Phi) is 6.46. The van der Waals surface area contributed by atoms with E-state index < -0.39 is 0 Å². The normalized spacial score (nSPS) is 12.4. The van der Waals surface area contributed by atoms with E-state index in [1.54, 1.807) is 11.3 Å². The minimum absolute atomic E-state index is 0.138. The molecule has 1 N–H and O–H groups in total. The van der Waals surface area contributed by atoms with Crippen LogP contribution in [0.2, 0.25) is 0 Å². The number of rotatable bonds is 7. The summed E-state index contributed by atoms with van der Waals surface area (Å²) >= 11 is 1.77. The van der Waals surface area contributed by atoms with E-state index >= 15 is 0 Å². The first-order chi connectivity index (χ1) is 9.17. The van der Waals surface area contributed by atoms with Crippen LogP contribution in [-0.4, -0.2) is 23.6 Å². The molecule has 0 fully saturated rings. The molecule has 0 aliphatic rings. The van der Waals surface area contributed by atoms with Crippen molar-refractivity contribution in [1.29, 1.82) is 0 Å².